The van der Waals surface area contributed by atoms with Crippen molar-refractivity contribution < 1.29 is 9.90 Å². The van der Waals surface area contributed by atoms with Gasteiger partial charge in [0, 0.05) is 10.6 Å². The fourth-order valence-corrected chi connectivity index (χ4v) is 3.10. The van der Waals surface area contributed by atoms with Crippen LogP contribution in [0, 0.1) is 0 Å². The molecule has 0 radical (unpaired) electrons. The summed E-state index contributed by atoms with van der Waals surface area (Å²) >= 11 is 7.24. The lowest BCUT2D eigenvalue weighted by molar-refractivity contribution is 0.0693. The number of carboxylic acids is 1. The molecule has 0 saturated heterocycles. The summed E-state index contributed by atoms with van der Waals surface area (Å²) in [5, 5.41) is 10.1. The lowest BCUT2D eigenvalue weighted by Crippen LogP contribution is -2.01. The second kappa shape index (κ2) is 5.23. The monoisotopic (exact) mass is 321 g/mol. The van der Waals surface area contributed by atoms with E-state index in [1.54, 1.807) is 0 Å². The first-order valence-corrected chi connectivity index (χ1v) is 6.90. The maximum Gasteiger partial charge on any atom is 0.336 e. The maximum atomic E-state index is 11.3. The normalized spacial score (nSPS) is 10.9. The molecule has 0 aliphatic rings. The first kappa shape index (κ1) is 13.7. The van der Waals surface area contributed by atoms with E-state index in [-0.39, 0.29) is 16.3 Å². The number of hydrogen-bond acceptors (Lipinski definition) is 6. The van der Waals surface area contributed by atoms with Gasteiger partial charge in [0.15, 0.2) is 5.65 Å². The van der Waals surface area contributed by atoms with Crippen molar-refractivity contribution in [1.29, 1.82) is 0 Å². The van der Waals surface area contributed by atoms with Gasteiger partial charge >= 0.3 is 5.97 Å². The average molecular weight is 322 g/mol. The standard InChI is InChI=1S/C12H8ClN5O2S/c13-7-2-5(14)1-6(12(19)20)9(7)21-11-8-10(16-3-15-8)17-4-18-11/h1-4H,14H2,(H,19,20)(H,15,16,17,18). The molecule has 2 aromatic heterocycles. The maximum absolute atomic E-state index is 11.3. The highest BCUT2D eigenvalue weighted by Crippen LogP contribution is 2.38. The Hall–Kier alpha value is -2.32. The third kappa shape index (κ3) is 2.50. The number of nitrogens with one attached hydrogen (secondary N) is 1. The molecule has 0 bridgehead atoms. The molecule has 0 spiro atoms. The molecule has 0 fully saturated rings. The zero-order valence-corrected chi connectivity index (χ0v) is 11.9. The molecular weight excluding hydrogens is 314 g/mol. The van der Waals surface area contributed by atoms with Gasteiger partial charge in [0.1, 0.15) is 16.9 Å². The van der Waals surface area contributed by atoms with E-state index >= 15 is 0 Å². The van der Waals surface area contributed by atoms with Gasteiger partial charge in [-0.05, 0) is 12.1 Å². The van der Waals surface area contributed by atoms with Crippen LogP contribution in [0.3, 0.4) is 0 Å². The number of rotatable bonds is 3. The zero-order chi connectivity index (χ0) is 15.0. The molecule has 3 aromatic rings. The number of benzene rings is 1. The Balaban J connectivity index is 2.13. The van der Waals surface area contributed by atoms with Gasteiger partial charge in [0.25, 0.3) is 0 Å². The first-order valence-electron chi connectivity index (χ1n) is 5.70. The Labute approximate surface area is 127 Å². The summed E-state index contributed by atoms with van der Waals surface area (Å²) in [4.78, 5) is 26.8. The van der Waals surface area contributed by atoms with E-state index in [1.807, 2.05) is 0 Å². The van der Waals surface area contributed by atoms with Crippen LogP contribution in [0.25, 0.3) is 11.2 Å². The van der Waals surface area contributed by atoms with E-state index in [1.165, 1.54) is 24.8 Å². The number of nitrogen functional groups attached to an aromatic ring is 1. The minimum Gasteiger partial charge on any atom is -0.478 e. The molecule has 0 aliphatic carbocycles. The molecule has 0 aliphatic heterocycles. The zero-order valence-electron chi connectivity index (χ0n) is 10.4. The minimum absolute atomic E-state index is 0.0243. The number of hydrogen-bond donors (Lipinski definition) is 3. The Morgan fingerprint density at radius 1 is 1.33 bits per heavy atom. The van der Waals surface area contributed by atoms with Gasteiger partial charge in [-0.2, -0.15) is 0 Å². The lowest BCUT2D eigenvalue weighted by atomic mass is 10.2. The fourth-order valence-electron chi connectivity index (χ4n) is 1.79. The van der Waals surface area contributed by atoms with Crippen LogP contribution in [-0.2, 0) is 0 Å². The second-order valence-corrected chi connectivity index (χ2v) is 5.47. The highest BCUT2D eigenvalue weighted by Gasteiger charge is 2.18. The molecule has 0 unspecified atom stereocenters. The highest BCUT2D eigenvalue weighted by atomic mass is 35.5. The number of nitrogens with zero attached hydrogens (tertiary/aromatic N) is 3. The number of carboxylic acid groups (broad SMARTS) is 1. The van der Waals surface area contributed by atoms with Crippen molar-refractivity contribution >= 4 is 46.2 Å². The second-order valence-electron chi connectivity index (χ2n) is 4.07. The van der Waals surface area contributed by atoms with Gasteiger partial charge in [-0.25, -0.2) is 19.7 Å². The SMILES string of the molecule is Nc1cc(Cl)c(Sc2ncnc3nc[nH]c23)c(C(=O)O)c1. The van der Waals surface area contributed by atoms with Gasteiger partial charge in [0.2, 0.25) is 0 Å². The molecule has 0 atom stereocenters. The van der Waals surface area contributed by atoms with Gasteiger partial charge in [-0.3, -0.25) is 0 Å². The van der Waals surface area contributed by atoms with Gasteiger partial charge in [0.05, 0.1) is 16.9 Å². The third-order valence-corrected chi connectivity index (χ3v) is 4.24. The number of imidazole rings is 1. The van der Waals surface area contributed by atoms with Crippen LogP contribution in [0.4, 0.5) is 5.69 Å². The summed E-state index contributed by atoms with van der Waals surface area (Å²) in [7, 11) is 0. The van der Waals surface area contributed by atoms with Crippen LogP contribution in [0.2, 0.25) is 5.02 Å². The number of fused-ring (bicyclic) bond motifs is 1. The Kier molecular flexibility index (Phi) is 3.40. The topological polar surface area (TPSA) is 118 Å². The largest absolute Gasteiger partial charge is 0.478 e. The summed E-state index contributed by atoms with van der Waals surface area (Å²) in [6.45, 7) is 0. The van der Waals surface area contributed by atoms with Crippen molar-refractivity contribution in [3.8, 4) is 0 Å². The van der Waals surface area contributed by atoms with E-state index in [4.69, 9.17) is 17.3 Å². The Morgan fingerprint density at radius 3 is 2.90 bits per heavy atom. The summed E-state index contributed by atoms with van der Waals surface area (Å²) in [6.07, 6.45) is 2.85. The summed E-state index contributed by atoms with van der Waals surface area (Å²) in [5.41, 5.74) is 7.06. The van der Waals surface area contributed by atoms with Crippen molar-refractivity contribution in [3.63, 3.8) is 0 Å². The molecule has 106 valence electrons. The van der Waals surface area contributed by atoms with Crippen LogP contribution in [-0.4, -0.2) is 31.0 Å². The molecule has 4 N–H and O–H groups in total. The molecule has 2 heterocycles. The Morgan fingerprint density at radius 2 is 2.14 bits per heavy atom. The van der Waals surface area contributed by atoms with Crippen LogP contribution >= 0.6 is 23.4 Å². The van der Waals surface area contributed by atoms with Crippen LogP contribution in [0.1, 0.15) is 10.4 Å². The van der Waals surface area contributed by atoms with Crippen LogP contribution in [0.5, 0.6) is 0 Å². The summed E-state index contributed by atoms with van der Waals surface area (Å²) < 4.78 is 0. The number of carbonyl (C=O) groups is 1. The molecule has 0 amide bonds. The molecular formula is C12H8ClN5O2S. The number of halogens is 1. The lowest BCUT2D eigenvalue weighted by Gasteiger charge is -2.09. The molecule has 0 saturated carbocycles. The van der Waals surface area contributed by atoms with E-state index in [0.717, 1.165) is 11.8 Å². The molecule has 1 aromatic carbocycles. The molecule has 21 heavy (non-hydrogen) atoms. The number of aromatic nitrogens is 4. The number of aromatic carboxylic acids is 1. The molecule has 9 heteroatoms. The summed E-state index contributed by atoms with van der Waals surface area (Å²) in [5.74, 6) is -1.11. The molecule has 7 nitrogen and oxygen atoms in total. The minimum atomic E-state index is -1.11. The number of H-pyrrole nitrogens is 1. The van der Waals surface area contributed by atoms with Crippen molar-refractivity contribution in [2.24, 2.45) is 0 Å². The number of nitrogens with two attached hydrogens (primary N) is 1. The van der Waals surface area contributed by atoms with E-state index in [9.17, 15) is 9.90 Å². The molecule has 3 rings (SSSR count). The number of aromatic amines is 1. The van der Waals surface area contributed by atoms with Gasteiger partial charge in [-0.1, -0.05) is 23.4 Å². The van der Waals surface area contributed by atoms with Crippen LogP contribution in [0.15, 0.2) is 34.7 Å². The quantitative estimate of drug-likeness (QED) is 0.501. The predicted molar refractivity (Wildman–Crippen MR) is 78.6 cm³/mol. The fraction of sp³-hybridized carbons (Fsp3) is 0. The van der Waals surface area contributed by atoms with Gasteiger partial charge in [-0.15, -0.1) is 0 Å². The smallest absolute Gasteiger partial charge is 0.336 e. The summed E-state index contributed by atoms with van der Waals surface area (Å²) in [6, 6.07) is 2.86. The van der Waals surface area contributed by atoms with E-state index < -0.39 is 5.97 Å². The van der Waals surface area contributed by atoms with Crippen molar-refractivity contribution in [1.82, 2.24) is 19.9 Å². The van der Waals surface area contributed by atoms with E-state index in [0.29, 0.717) is 21.1 Å². The first-order chi connectivity index (χ1) is 10.1. The number of anilines is 1. The highest BCUT2D eigenvalue weighted by molar-refractivity contribution is 7.99. The van der Waals surface area contributed by atoms with Crippen LogP contribution < -0.4 is 5.73 Å². The van der Waals surface area contributed by atoms with Crippen molar-refractivity contribution in [2.75, 3.05) is 5.73 Å². The van der Waals surface area contributed by atoms with E-state index in [2.05, 4.69) is 19.9 Å². The third-order valence-electron chi connectivity index (χ3n) is 2.68. The average Bonchev–Trinajstić information content (AvgIpc) is 2.90. The van der Waals surface area contributed by atoms with Gasteiger partial charge < -0.3 is 15.8 Å². The predicted octanol–water partition coefficient (Wildman–Crippen LogP) is 2.44. The Bertz CT molecular complexity index is 851. The van der Waals surface area contributed by atoms with Crippen molar-refractivity contribution in [2.45, 2.75) is 9.92 Å². The van der Waals surface area contributed by atoms with Crippen molar-refractivity contribution in [3.05, 3.63) is 35.4 Å².